The molecule has 0 saturated carbocycles. The van der Waals surface area contributed by atoms with E-state index in [4.69, 9.17) is 4.74 Å². The molecule has 2 rings (SSSR count). The fourth-order valence-electron chi connectivity index (χ4n) is 2.21. The lowest BCUT2D eigenvalue weighted by Crippen LogP contribution is -2.29. The van der Waals surface area contributed by atoms with Crippen LogP contribution in [0.4, 0.5) is 0 Å². The Morgan fingerprint density at radius 1 is 1.04 bits per heavy atom. The van der Waals surface area contributed by atoms with Crippen molar-refractivity contribution in [2.45, 2.75) is 26.5 Å². The number of benzene rings is 2. The number of amides is 1. The van der Waals surface area contributed by atoms with E-state index in [-0.39, 0.29) is 5.91 Å². The van der Waals surface area contributed by atoms with Crippen molar-refractivity contribution >= 4 is 17.7 Å². The Bertz CT molecular complexity index is 668. The summed E-state index contributed by atoms with van der Waals surface area (Å²) in [5, 5.41) is 2.90. The molecule has 0 heterocycles. The van der Waals surface area contributed by atoms with Crippen LogP contribution < -0.4 is 10.1 Å². The van der Waals surface area contributed by atoms with Crippen molar-refractivity contribution in [3.8, 4) is 5.75 Å². The Labute approximate surface area is 148 Å². The maximum Gasteiger partial charge on any atom is 0.230 e. The maximum absolute atomic E-state index is 11.8. The molecule has 0 radical (unpaired) electrons. The first-order chi connectivity index (χ1) is 11.5. The van der Waals surface area contributed by atoms with Crippen LogP contribution in [0.1, 0.15) is 22.3 Å². The summed E-state index contributed by atoms with van der Waals surface area (Å²) in [5.74, 6) is 2.26. The highest BCUT2D eigenvalue weighted by molar-refractivity contribution is 7.99. The number of hydrogen-bond donors (Lipinski definition) is 1. The van der Waals surface area contributed by atoms with E-state index < -0.39 is 0 Å². The molecule has 24 heavy (non-hydrogen) atoms. The first kappa shape index (κ1) is 18.4. The first-order valence-corrected chi connectivity index (χ1v) is 9.30. The van der Waals surface area contributed by atoms with Gasteiger partial charge in [-0.1, -0.05) is 42.0 Å². The summed E-state index contributed by atoms with van der Waals surface area (Å²) in [6.45, 7) is 7.15. The van der Waals surface area contributed by atoms with Gasteiger partial charge in [-0.15, -0.1) is 11.8 Å². The van der Waals surface area contributed by atoms with Crippen LogP contribution in [0.15, 0.2) is 42.5 Å². The highest BCUT2D eigenvalue weighted by Gasteiger charge is 2.03. The van der Waals surface area contributed by atoms with Gasteiger partial charge in [-0.25, -0.2) is 0 Å². The van der Waals surface area contributed by atoms with E-state index in [1.54, 1.807) is 11.8 Å². The molecule has 0 aliphatic carbocycles. The molecule has 0 fully saturated rings. The zero-order valence-electron chi connectivity index (χ0n) is 14.6. The topological polar surface area (TPSA) is 38.3 Å². The van der Waals surface area contributed by atoms with Crippen LogP contribution in [0, 0.1) is 20.8 Å². The summed E-state index contributed by atoms with van der Waals surface area (Å²) in [4.78, 5) is 11.8. The van der Waals surface area contributed by atoms with Crippen molar-refractivity contribution in [2.75, 3.05) is 18.9 Å². The number of rotatable bonds is 8. The molecular weight excluding hydrogens is 318 g/mol. The van der Waals surface area contributed by atoms with Crippen molar-refractivity contribution in [2.24, 2.45) is 0 Å². The van der Waals surface area contributed by atoms with Gasteiger partial charge in [-0.3, -0.25) is 4.79 Å². The number of carbonyl (C=O) groups is 1. The normalized spacial score (nSPS) is 10.5. The summed E-state index contributed by atoms with van der Waals surface area (Å²) < 4.78 is 5.73. The molecule has 1 amide bonds. The lowest BCUT2D eigenvalue weighted by molar-refractivity contribution is -0.118. The molecule has 0 aliphatic heterocycles. The largest absolute Gasteiger partial charge is 0.491 e. The number of hydrogen-bond acceptors (Lipinski definition) is 3. The molecular formula is C20H25NO2S. The lowest BCUT2D eigenvalue weighted by atomic mass is 10.1. The van der Waals surface area contributed by atoms with Crippen molar-refractivity contribution in [3.63, 3.8) is 0 Å². The van der Waals surface area contributed by atoms with Gasteiger partial charge in [0, 0.05) is 5.75 Å². The van der Waals surface area contributed by atoms with Crippen molar-refractivity contribution in [1.29, 1.82) is 0 Å². The van der Waals surface area contributed by atoms with E-state index in [9.17, 15) is 4.79 Å². The van der Waals surface area contributed by atoms with Gasteiger partial charge >= 0.3 is 0 Å². The Kier molecular flexibility index (Phi) is 7.19. The molecule has 0 spiro atoms. The third kappa shape index (κ3) is 6.28. The molecule has 2 aromatic carbocycles. The van der Waals surface area contributed by atoms with Gasteiger partial charge in [0.2, 0.25) is 5.91 Å². The molecule has 4 heteroatoms. The van der Waals surface area contributed by atoms with Crippen LogP contribution in [-0.4, -0.2) is 24.8 Å². The SMILES string of the molecule is Cc1ccc(CSCC(=O)NCCOc2cc(C)ccc2C)cc1. The minimum absolute atomic E-state index is 0.0525. The van der Waals surface area contributed by atoms with Crippen LogP contribution in [0.25, 0.3) is 0 Å². The van der Waals surface area contributed by atoms with E-state index in [0.29, 0.717) is 18.9 Å². The zero-order chi connectivity index (χ0) is 17.4. The average Bonchev–Trinajstić information content (AvgIpc) is 2.56. The second-order valence-corrected chi connectivity index (χ2v) is 6.93. The maximum atomic E-state index is 11.8. The first-order valence-electron chi connectivity index (χ1n) is 8.14. The summed E-state index contributed by atoms with van der Waals surface area (Å²) in [6, 6.07) is 14.5. The number of aryl methyl sites for hydroxylation is 3. The van der Waals surface area contributed by atoms with Gasteiger partial charge in [-0.05, 0) is 43.5 Å². The Hall–Kier alpha value is -1.94. The Morgan fingerprint density at radius 3 is 2.50 bits per heavy atom. The molecule has 0 saturated heterocycles. The van der Waals surface area contributed by atoms with Crippen molar-refractivity contribution in [1.82, 2.24) is 5.32 Å². The monoisotopic (exact) mass is 343 g/mol. The smallest absolute Gasteiger partial charge is 0.230 e. The van der Waals surface area contributed by atoms with Gasteiger partial charge < -0.3 is 10.1 Å². The van der Waals surface area contributed by atoms with Crippen LogP contribution in [0.3, 0.4) is 0 Å². The number of carbonyl (C=O) groups excluding carboxylic acids is 1. The molecule has 0 bridgehead atoms. The second-order valence-electron chi connectivity index (χ2n) is 5.95. The zero-order valence-corrected chi connectivity index (χ0v) is 15.4. The van der Waals surface area contributed by atoms with Gasteiger partial charge in [0.05, 0.1) is 12.3 Å². The van der Waals surface area contributed by atoms with Gasteiger partial charge in [0.25, 0.3) is 0 Å². The van der Waals surface area contributed by atoms with Gasteiger partial charge in [0.15, 0.2) is 0 Å². The molecule has 0 unspecified atom stereocenters. The number of nitrogens with one attached hydrogen (secondary N) is 1. The molecule has 0 atom stereocenters. The standard InChI is InChI=1S/C20H25NO2S/c1-15-5-8-18(9-6-15)13-24-14-20(22)21-10-11-23-19-12-16(2)4-7-17(19)3/h4-9,12H,10-11,13-14H2,1-3H3,(H,21,22). The summed E-state index contributed by atoms with van der Waals surface area (Å²) in [7, 11) is 0. The fourth-order valence-corrected chi connectivity index (χ4v) is 3.03. The predicted molar refractivity (Wildman–Crippen MR) is 102 cm³/mol. The molecule has 2 aromatic rings. The summed E-state index contributed by atoms with van der Waals surface area (Å²) in [5.41, 5.74) is 4.79. The Morgan fingerprint density at radius 2 is 1.75 bits per heavy atom. The minimum Gasteiger partial charge on any atom is -0.491 e. The number of thioether (sulfide) groups is 1. The Balaban J connectivity index is 1.61. The minimum atomic E-state index is 0.0525. The van der Waals surface area contributed by atoms with Gasteiger partial charge in [0.1, 0.15) is 12.4 Å². The quantitative estimate of drug-likeness (QED) is 0.735. The van der Waals surface area contributed by atoms with Crippen LogP contribution >= 0.6 is 11.8 Å². The predicted octanol–water partition coefficient (Wildman–Crippen LogP) is 4.04. The fraction of sp³-hybridized carbons (Fsp3) is 0.350. The molecule has 1 N–H and O–H groups in total. The molecule has 128 valence electrons. The van der Waals surface area contributed by atoms with Crippen LogP contribution in [0.5, 0.6) is 5.75 Å². The van der Waals surface area contributed by atoms with Crippen molar-refractivity contribution in [3.05, 3.63) is 64.7 Å². The third-order valence-corrected chi connectivity index (χ3v) is 4.65. The highest BCUT2D eigenvalue weighted by atomic mass is 32.2. The van der Waals surface area contributed by atoms with E-state index in [2.05, 4.69) is 42.6 Å². The van der Waals surface area contributed by atoms with E-state index in [0.717, 1.165) is 17.1 Å². The molecule has 0 aromatic heterocycles. The van der Waals surface area contributed by atoms with E-state index >= 15 is 0 Å². The third-order valence-electron chi connectivity index (χ3n) is 3.65. The highest BCUT2D eigenvalue weighted by Crippen LogP contribution is 2.18. The van der Waals surface area contributed by atoms with Gasteiger partial charge in [-0.2, -0.15) is 0 Å². The molecule has 3 nitrogen and oxygen atoms in total. The summed E-state index contributed by atoms with van der Waals surface area (Å²) in [6.07, 6.45) is 0. The summed E-state index contributed by atoms with van der Waals surface area (Å²) >= 11 is 1.63. The lowest BCUT2D eigenvalue weighted by Gasteiger charge is -2.10. The second kappa shape index (κ2) is 9.38. The van der Waals surface area contributed by atoms with E-state index in [1.165, 1.54) is 16.7 Å². The van der Waals surface area contributed by atoms with Crippen LogP contribution in [-0.2, 0) is 10.5 Å². The van der Waals surface area contributed by atoms with Crippen molar-refractivity contribution < 1.29 is 9.53 Å². The molecule has 0 aliphatic rings. The van der Waals surface area contributed by atoms with E-state index in [1.807, 2.05) is 26.0 Å². The van der Waals surface area contributed by atoms with Crippen LogP contribution in [0.2, 0.25) is 0 Å². The number of ether oxygens (including phenoxy) is 1. The average molecular weight is 343 g/mol.